The largest absolute Gasteiger partial charge is 0.495 e. The van der Waals surface area contributed by atoms with Crippen molar-refractivity contribution in [3.63, 3.8) is 0 Å². The Hall–Kier alpha value is -3.68. The van der Waals surface area contributed by atoms with E-state index in [9.17, 15) is 14.0 Å². The summed E-state index contributed by atoms with van der Waals surface area (Å²) in [5, 5.41) is 10.8. The second-order valence-electron chi connectivity index (χ2n) is 6.01. The van der Waals surface area contributed by atoms with Crippen LogP contribution in [0.4, 0.5) is 10.1 Å². The van der Waals surface area contributed by atoms with Crippen LogP contribution in [0.2, 0.25) is 0 Å². The number of nitrogen functional groups attached to an aromatic ring is 1. The molecule has 0 radical (unpaired) electrons. The summed E-state index contributed by atoms with van der Waals surface area (Å²) in [6.07, 6.45) is 2.98. The number of anilines is 1. The molecule has 2 rings (SSSR count). The third-order valence-electron chi connectivity index (χ3n) is 3.97. The Bertz CT molecular complexity index is 956. The van der Waals surface area contributed by atoms with Crippen LogP contribution in [-0.4, -0.2) is 30.7 Å². The number of carbonyl (C=O) groups is 2. The number of carbonyl (C=O) groups excluding carboxylic acids is 2. The van der Waals surface area contributed by atoms with Crippen LogP contribution in [0.25, 0.3) is 6.08 Å². The molecule has 0 heterocycles. The van der Waals surface area contributed by atoms with Crippen LogP contribution in [0.5, 0.6) is 5.75 Å². The highest BCUT2D eigenvalue weighted by molar-refractivity contribution is 6.16. The summed E-state index contributed by atoms with van der Waals surface area (Å²) in [4.78, 5) is 23.7. The maximum Gasteiger partial charge on any atom is 0.255 e. The van der Waals surface area contributed by atoms with Crippen molar-refractivity contribution in [2.75, 3.05) is 12.8 Å². The zero-order chi connectivity index (χ0) is 20.8. The first-order valence-corrected chi connectivity index (χ1v) is 8.33. The number of nitrogens with one attached hydrogen (secondary N) is 2. The molecule has 28 heavy (non-hydrogen) atoms. The molecule has 0 spiro atoms. The van der Waals surface area contributed by atoms with Gasteiger partial charge in [-0.1, -0.05) is 18.2 Å². The minimum absolute atomic E-state index is 0.0313. The van der Waals surface area contributed by atoms with Gasteiger partial charge in [0.1, 0.15) is 17.6 Å². The van der Waals surface area contributed by atoms with E-state index in [4.69, 9.17) is 21.6 Å². The standard InChI is InChI=1S/C20H21FN4O3/c1-11(19(24)26)25-20(27)14-7-9-16(23)17(18(14)28-2)15(22)8-6-12-4-3-5-13(21)10-12/h3-11,22H,23H2,1-2H3,(H2,24,26)(H,25,27)/b8-6+,22-15?/t11-/m0/s1. The zero-order valence-corrected chi connectivity index (χ0v) is 15.5. The van der Waals surface area contributed by atoms with Crippen LogP contribution in [-0.2, 0) is 4.79 Å². The van der Waals surface area contributed by atoms with E-state index >= 15 is 0 Å². The summed E-state index contributed by atoms with van der Waals surface area (Å²) in [5.74, 6) is -1.59. The first-order valence-electron chi connectivity index (χ1n) is 8.33. The molecule has 2 aromatic rings. The first kappa shape index (κ1) is 20.6. The number of allylic oxidation sites excluding steroid dienone is 1. The molecule has 0 aromatic heterocycles. The van der Waals surface area contributed by atoms with Gasteiger partial charge in [0.25, 0.3) is 5.91 Å². The fourth-order valence-corrected chi connectivity index (χ4v) is 2.49. The molecular formula is C20H21FN4O3. The van der Waals surface area contributed by atoms with Crippen LogP contribution in [0.1, 0.15) is 28.4 Å². The summed E-state index contributed by atoms with van der Waals surface area (Å²) >= 11 is 0. The summed E-state index contributed by atoms with van der Waals surface area (Å²) in [5.41, 5.74) is 12.2. The molecule has 0 saturated carbocycles. The average Bonchev–Trinajstić information content (AvgIpc) is 2.65. The Balaban J connectivity index is 2.39. The Morgan fingerprint density at radius 2 is 2.00 bits per heavy atom. The number of benzene rings is 2. The van der Waals surface area contributed by atoms with Crippen LogP contribution in [0, 0.1) is 11.2 Å². The molecule has 1 atom stereocenters. The number of nitrogens with two attached hydrogens (primary N) is 2. The Kier molecular flexibility index (Phi) is 6.49. The second-order valence-corrected chi connectivity index (χ2v) is 6.01. The van der Waals surface area contributed by atoms with Crippen molar-refractivity contribution in [1.29, 1.82) is 5.41 Å². The van der Waals surface area contributed by atoms with Crippen molar-refractivity contribution in [1.82, 2.24) is 5.32 Å². The van der Waals surface area contributed by atoms with Gasteiger partial charge in [-0.3, -0.25) is 9.59 Å². The molecule has 7 nitrogen and oxygen atoms in total. The molecule has 2 aromatic carbocycles. The van der Waals surface area contributed by atoms with Crippen molar-refractivity contribution < 1.29 is 18.7 Å². The van der Waals surface area contributed by atoms with Crippen LogP contribution in [0.3, 0.4) is 0 Å². The minimum Gasteiger partial charge on any atom is -0.495 e. The number of rotatable bonds is 7. The second kappa shape index (κ2) is 8.81. The van der Waals surface area contributed by atoms with Gasteiger partial charge in [-0.15, -0.1) is 0 Å². The Morgan fingerprint density at radius 1 is 1.29 bits per heavy atom. The maximum absolute atomic E-state index is 13.3. The monoisotopic (exact) mass is 384 g/mol. The predicted octanol–water partition coefficient (Wildman–Crippen LogP) is 2.10. The van der Waals surface area contributed by atoms with E-state index in [0.717, 1.165) is 0 Å². The summed E-state index contributed by atoms with van der Waals surface area (Å²) in [6, 6.07) is 7.89. The summed E-state index contributed by atoms with van der Waals surface area (Å²) in [6.45, 7) is 1.45. The van der Waals surface area contributed by atoms with E-state index < -0.39 is 23.7 Å². The smallest absolute Gasteiger partial charge is 0.255 e. The molecule has 0 saturated heterocycles. The topological polar surface area (TPSA) is 131 Å². The van der Waals surface area contributed by atoms with Gasteiger partial charge in [0, 0.05) is 5.69 Å². The normalized spacial score (nSPS) is 11.8. The lowest BCUT2D eigenvalue weighted by Crippen LogP contribution is -2.42. The van der Waals surface area contributed by atoms with Gasteiger partial charge in [-0.2, -0.15) is 0 Å². The predicted molar refractivity (Wildman–Crippen MR) is 106 cm³/mol. The van der Waals surface area contributed by atoms with E-state index in [1.165, 1.54) is 44.4 Å². The number of hydrogen-bond donors (Lipinski definition) is 4. The number of methoxy groups -OCH3 is 1. The van der Waals surface area contributed by atoms with E-state index in [0.29, 0.717) is 5.56 Å². The van der Waals surface area contributed by atoms with Crippen LogP contribution < -0.4 is 21.5 Å². The quantitative estimate of drug-likeness (QED) is 0.430. The van der Waals surface area contributed by atoms with Gasteiger partial charge in [0.05, 0.1) is 23.9 Å². The number of halogens is 1. The van der Waals surface area contributed by atoms with Gasteiger partial charge in [0.2, 0.25) is 5.91 Å². The molecule has 0 bridgehead atoms. The van der Waals surface area contributed by atoms with Crippen LogP contribution in [0.15, 0.2) is 42.5 Å². The van der Waals surface area contributed by atoms with E-state index in [2.05, 4.69) is 5.32 Å². The van der Waals surface area contributed by atoms with Gasteiger partial charge in [-0.05, 0) is 42.8 Å². The third-order valence-corrected chi connectivity index (χ3v) is 3.97. The number of primary amides is 1. The van der Waals surface area contributed by atoms with Crippen molar-refractivity contribution in [3.05, 3.63) is 65.0 Å². The average molecular weight is 384 g/mol. The lowest BCUT2D eigenvalue weighted by Gasteiger charge is -2.16. The number of amides is 2. The van der Waals surface area contributed by atoms with Gasteiger partial charge >= 0.3 is 0 Å². The minimum atomic E-state index is -0.884. The maximum atomic E-state index is 13.3. The highest BCUT2D eigenvalue weighted by atomic mass is 19.1. The fourth-order valence-electron chi connectivity index (χ4n) is 2.49. The molecule has 0 aliphatic carbocycles. The highest BCUT2D eigenvalue weighted by Gasteiger charge is 2.22. The lowest BCUT2D eigenvalue weighted by molar-refractivity contribution is -0.119. The molecule has 146 valence electrons. The molecule has 2 amide bonds. The Morgan fingerprint density at radius 3 is 2.61 bits per heavy atom. The zero-order valence-electron chi connectivity index (χ0n) is 15.5. The number of ether oxygens (including phenoxy) is 1. The molecule has 0 unspecified atom stereocenters. The lowest BCUT2D eigenvalue weighted by atomic mass is 10.0. The Labute approximate surface area is 161 Å². The highest BCUT2D eigenvalue weighted by Crippen LogP contribution is 2.30. The molecule has 0 aliphatic heterocycles. The van der Waals surface area contributed by atoms with Crippen molar-refractivity contribution in [2.45, 2.75) is 13.0 Å². The van der Waals surface area contributed by atoms with E-state index in [-0.39, 0.29) is 28.3 Å². The van der Waals surface area contributed by atoms with Gasteiger partial charge in [0.15, 0.2) is 0 Å². The van der Waals surface area contributed by atoms with Crippen molar-refractivity contribution in [2.24, 2.45) is 5.73 Å². The molecule has 6 N–H and O–H groups in total. The fraction of sp³-hybridized carbons (Fsp3) is 0.150. The van der Waals surface area contributed by atoms with Crippen molar-refractivity contribution in [3.8, 4) is 5.75 Å². The first-order chi connectivity index (χ1) is 13.2. The van der Waals surface area contributed by atoms with E-state index in [1.807, 2.05) is 0 Å². The molecule has 0 fully saturated rings. The number of hydrogen-bond acceptors (Lipinski definition) is 5. The van der Waals surface area contributed by atoms with Crippen molar-refractivity contribution >= 4 is 29.3 Å². The molecule has 0 aliphatic rings. The summed E-state index contributed by atoms with van der Waals surface area (Å²) < 4.78 is 18.6. The SMILES string of the molecule is COc1c(C(=O)N[C@@H](C)C(N)=O)ccc(N)c1C(=N)/C=C/c1cccc(F)c1. The van der Waals surface area contributed by atoms with Crippen LogP contribution >= 0.6 is 0 Å². The summed E-state index contributed by atoms with van der Waals surface area (Å²) in [7, 11) is 1.34. The molecule has 8 heteroatoms. The van der Waals surface area contributed by atoms with E-state index in [1.54, 1.807) is 18.2 Å². The molecular weight excluding hydrogens is 363 g/mol. The third kappa shape index (κ3) is 4.73. The van der Waals surface area contributed by atoms with Gasteiger partial charge < -0.3 is 26.9 Å². The van der Waals surface area contributed by atoms with Gasteiger partial charge in [-0.25, -0.2) is 4.39 Å².